The first-order valence-corrected chi connectivity index (χ1v) is 27.9. The molecule has 0 saturated carbocycles. The molecule has 0 radical (unpaired) electrons. The molecule has 0 N–H and O–H groups in total. The lowest BCUT2D eigenvalue weighted by molar-refractivity contribution is -0.150. The number of carbonyl (C=O) groups excluding carboxylic acids is 2. The van der Waals surface area contributed by atoms with Crippen LogP contribution in [0.1, 0.15) is 245 Å². The van der Waals surface area contributed by atoms with E-state index in [0.29, 0.717) is 19.4 Å². The minimum Gasteiger partial charge on any atom is -0.501 e. The van der Waals surface area contributed by atoms with Crippen LogP contribution in [0.25, 0.3) is 0 Å². The van der Waals surface area contributed by atoms with Gasteiger partial charge in [0.1, 0.15) is 6.10 Å². The Labute approximate surface area is 396 Å². The number of rotatable bonds is 45. The lowest BCUT2D eigenvalue weighted by atomic mass is 10.0. The number of esters is 2. The molecule has 0 atom stereocenters. The fourth-order valence-electron chi connectivity index (χ4n) is 9.44. The molecule has 0 bridgehead atoms. The first-order chi connectivity index (χ1) is 31.5. The molecule has 0 aromatic carbocycles. The molecule has 0 unspecified atom stereocenters. The van der Waals surface area contributed by atoms with Gasteiger partial charge in [-0.1, -0.05) is 174 Å². The third-order valence-corrected chi connectivity index (χ3v) is 13.9. The summed E-state index contributed by atoms with van der Waals surface area (Å²) in [6.45, 7) is 17.7. The Balaban J connectivity index is 1.69. The Hall–Kier alpha value is -1.90. The number of nitrogens with zero attached hydrogens (tertiary/aromatic N) is 3. The fourth-order valence-corrected chi connectivity index (χ4v) is 9.44. The zero-order valence-corrected chi connectivity index (χ0v) is 42.9. The van der Waals surface area contributed by atoms with Gasteiger partial charge in [-0.25, -0.2) is 0 Å². The summed E-state index contributed by atoms with van der Waals surface area (Å²) in [4.78, 5) is 33.2. The summed E-state index contributed by atoms with van der Waals surface area (Å²) in [5.41, 5.74) is 1.53. The average Bonchev–Trinajstić information content (AvgIpc) is 3.30. The summed E-state index contributed by atoms with van der Waals surface area (Å²) in [5.74, 6) is 1.13. The van der Waals surface area contributed by atoms with Gasteiger partial charge in [0, 0.05) is 65.1 Å². The first-order valence-electron chi connectivity index (χ1n) is 27.9. The van der Waals surface area contributed by atoms with Crippen molar-refractivity contribution in [3.63, 3.8) is 0 Å². The van der Waals surface area contributed by atoms with Crippen molar-refractivity contribution < 1.29 is 23.8 Å². The van der Waals surface area contributed by atoms with Crippen molar-refractivity contribution in [1.82, 2.24) is 14.7 Å². The van der Waals surface area contributed by atoms with E-state index in [1.165, 1.54) is 160 Å². The van der Waals surface area contributed by atoms with E-state index >= 15 is 0 Å². The standard InChI is InChI=1S/C56H105N3O5/c1-5-8-11-14-17-26-33-50-63-55(60)36-29-22-18-24-31-42-57(44-45-58-46-48-59(49-47-58)51-52-38-40-53(62-4)41-39-52)43-32-25-19-23-30-37-56(61)64-54(34-27-20-15-12-9-6-2)35-28-21-16-13-10-7-3/h38,40,54H,5-37,39,41-51H2,1-4H3. The molecule has 64 heavy (non-hydrogen) atoms. The summed E-state index contributed by atoms with van der Waals surface area (Å²) >= 11 is 0. The van der Waals surface area contributed by atoms with Crippen LogP contribution >= 0.6 is 0 Å². The van der Waals surface area contributed by atoms with Crippen LogP contribution in [-0.4, -0.2) is 105 Å². The molecule has 1 aliphatic heterocycles. The van der Waals surface area contributed by atoms with E-state index in [1.54, 1.807) is 7.11 Å². The zero-order valence-electron chi connectivity index (χ0n) is 42.9. The van der Waals surface area contributed by atoms with Crippen LogP contribution in [0.3, 0.4) is 0 Å². The highest BCUT2D eigenvalue weighted by Crippen LogP contribution is 2.21. The summed E-state index contributed by atoms with van der Waals surface area (Å²) in [6, 6.07) is 0. The molecule has 0 aromatic heterocycles. The Kier molecular flexibility index (Phi) is 38.6. The second-order valence-electron chi connectivity index (χ2n) is 19.7. The van der Waals surface area contributed by atoms with Crippen molar-refractivity contribution in [2.24, 2.45) is 0 Å². The lowest BCUT2D eigenvalue weighted by Crippen LogP contribution is -2.49. The highest BCUT2D eigenvalue weighted by atomic mass is 16.5. The van der Waals surface area contributed by atoms with Crippen molar-refractivity contribution in [2.75, 3.05) is 72.6 Å². The van der Waals surface area contributed by atoms with Crippen molar-refractivity contribution in [3.05, 3.63) is 23.5 Å². The molecule has 1 fully saturated rings. The van der Waals surface area contributed by atoms with Gasteiger partial charge in [0.25, 0.3) is 0 Å². The second kappa shape index (κ2) is 42.5. The molecular weight excluding hydrogens is 795 g/mol. The zero-order chi connectivity index (χ0) is 46.0. The van der Waals surface area contributed by atoms with Crippen LogP contribution in [-0.2, 0) is 23.8 Å². The minimum atomic E-state index is -0.00642. The minimum absolute atomic E-state index is 0.00642. The van der Waals surface area contributed by atoms with Crippen LogP contribution < -0.4 is 0 Å². The van der Waals surface area contributed by atoms with Gasteiger partial charge in [-0.05, 0) is 83.4 Å². The van der Waals surface area contributed by atoms with E-state index in [4.69, 9.17) is 14.2 Å². The van der Waals surface area contributed by atoms with Gasteiger partial charge < -0.3 is 19.1 Å². The Bertz CT molecular complexity index is 1140. The SMILES string of the molecule is CCCCCCCCCOC(=O)CCCCCCCN(CCCCCCCC(=O)OC(CCCCCCCC)CCCCCCCC)CCN1CCN(CC2=CC=C(OC)CC2)CC1. The number of ether oxygens (including phenoxy) is 3. The third-order valence-electron chi connectivity index (χ3n) is 13.9. The van der Waals surface area contributed by atoms with E-state index in [-0.39, 0.29) is 18.0 Å². The first kappa shape index (κ1) is 58.2. The number of piperazine rings is 1. The fraction of sp³-hybridized carbons (Fsp3) is 0.893. The van der Waals surface area contributed by atoms with Gasteiger partial charge >= 0.3 is 11.9 Å². The van der Waals surface area contributed by atoms with E-state index in [0.717, 1.165) is 122 Å². The molecule has 0 aromatic rings. The van der Waals surface area contributed by atoms with Gasteiger partial charge in [-0.3, -0.25) is 19.4 Å². The van der Waals surface area contributed by atoms with E-state index in [9.17, 15) is 9.59 Å². The molecule has 374 valence electrons. The Morgan fingerprint density at radius 3 is 1.52 bits per heavy atom. The van der Waals surface area contributed by atoms with Crippen LogP contribution in [0.5, 0.6) is 0 Å². The monoisotopic (exact) mass is 900 g/mol. The van der Waals surface area contributed by atoms with Crippen molar-refractivity contribution in [3.8, 4) is 0 Å². The molecule has 1 aliphatic carbocycles. The Morgan fingerprint density at radius 2 is 1.00 bits per heavy atom. The maximum absolute atomic E-state index is 12.9. The summed E-state index contributed by atoms with van der Waals surface area (Å²) in [6.07, 6.45) is 45.5. The quantitative estimate of drug-likeness (QED) is 0.0442. The smallest absolute Gasteiger partial charge is 0.306 e. The number of hydrogen-bond acceptors (Lipinski definition) is 8. The number of hydrogen-bond donors (Lipinski definition) is 0. The van der Waals surface area contributed by atoms with Gasteiger partial charge in [0.2, 0.25) is 0 Å². The number of carbonyl (C=O) groups is 2. The summed E-state index contributed by atoms with van der Waals surface area (Å²) < 4.78 is 17.1. The van der Waals surface area contributed by atoms with Crippen LogP contribution in [0.4, 0.5) is 0 Å². The molecule has 8 nitrogen and oxygen atoms in total. The van der Waals surface area contributed by atoms with Gasteiger partial charge in [0.05, 0.1) is 19.5 Å². The number of unbranched alkanes of at least 4 members (excludes halogenated alkanes) is 24. The van der Waals surface area contributed by atoms with E-state index in [2.05, 4.69) is 47.6 Å². The predicted octanol–water partition coefficient (Wildman–Crippen LogP) is 14.5. The lowest BCUT2D eigenvalue weighted by Gasteiger charge is -2.36. The third kappa shape index (κ3) is 33.6. The molecule has 1 heterocycles. The predicted molar refractivity (Wildman–Crippen MR) is 272 cm³/mol. The highest BCUT2D eigenvalue weighted by Gasteiger charge is 2.20. The molecule has 0 spiro atoms. The van der Waals surface area contributed by atoms with Crippen molar-refractivity contribution in [2.45, 2.75) is 252 Å². The van der Waals surface area contributed by atoms with E-state index < -0.39 is 0 Å². The molecule has 0 amide bonds. The summed E-state index contributed by atoms with van der Waals surface area (Å²) in [7, 11) is 1.78. The van der Waals surface area contributed by atoms with Crippen molar-refractivity contribution in [1.29, 1.82) is 0 Å². The average molecular weight is 900 g/mol. The van der Waals surface area contributed by atoms with Gasteiger partial charge in [-0.15, -0.1) is 0 Å². The van der Waals surface area contributed by atoms with Gasteiger partial charge in [0.15, 0.2) is 0 Å². The number of methoxy groups -OCH3 is 1. The van der Waals surface area contributed by atoms with Crippen LogP contribution in [0.15, 0.2) is 23.5 Å². The second-order valence-corrected chi connectivity index (χ2v) is 19.7. The molecule has 1 saturated heterocycles. The largest absolute Gasteiger partial charge is 0.501 e. The van der Waals surface area contributed by atoms with Gasteiger partial charge in [-0.2, -0.15) is 0 Å². The molecule has 2 rings (SSSR count). The van der Waals surface area contributed by atoms with Crippen LogP contribution in [0, 0.1) is 0 Å². The van der Waals surface area contributed by atoms with E-state index in [1.807, 2.05) is 0 Å². The Morgan fingerprint density at radius 1 is 0.531 bits per heavy atom. The normalized spacial score (nSPS) is 14.9. The van der Waals surface area contributed by atoms with Crippen molar-refractivity contribution >= 4 is 11.9 Å². The molecule has 8 heteroatoms. The van der Waals surface area contributed by atoms with Crippen LogP contribution in [0.2, 0.25) is 0 Å². The molecule has 2 aliphatic rings. The highest BCUT2D eigenvalue weighted by molar-refractivity contribution is 5.69. The maximum Gasteiger partial charge on any atom is 0.306 e. The molecular formula is C56H105N3O5. The topological polar surface area (TPSA) is 71.6 Å². The summed E-state index contributed by atoms with van der Waals surface area (Å²) in [5, 5.41) is 0. The maximum atomic E-state index is 12.9. The number of allylic oxidation sites excluding steroid dienone is 3.